The second-order valence-electron chi connectivity index (χ2n) is 4.71. The van der Waals surface area contributed by atoms with Gasteiger partial charge < -0.3 is 9.64 Å². The van der Waals surface area contributed by atoms with Gasteiger partial charge in [-0.25, -0.2) is 4.39 Å². The molecule has 1 fully saturated rings. The zero-order valence-electron chi connectivity index (χ0n) is 11.2. The first-order chi connectivity index (χ1) is 8.72. The van der Waals surface area contributed by atoms with Crippen molar-refractivity contribution in [2.45, 2.75) is 6.92 Å². The standard InChI is InChI=1S/C14H21FN2O/c1-12-13(15)4-3-5-14(12)17-8-6-16(7-9-17)10-11-18-2/h3-5H,6-11H2,1-2H3. The van der Waals surface area contributed by atoms with Gasteiger partial charge in [0.1, 0.15) is 5.82 Å². The maximum absolute atomic E-state index is 13.5. The van der Waals surface area contributed by atoms with Gasteiger partial charge in [-0.05, 0) is 19.1 Å². The number of hydrogen-bond donors (Lipinski definition) is 0. The fourth-order valence-corrected chi connectivity index (χ4v) is 2.37. The summed E-state index contributed by atoms with van der Waals surface area (Å²) in [7, 11) is 1.73. The molecule has 100 valence electrons. The van der Waals surface area contributed by atoms with Crippen molar-refractivity contribution >= 4 is 5.69 Å². The van der Waals surface area contributed by atoms with Crippen LogP contribution in [0.1, 0.15) is 5.56 Å². The van der Waals surface area contributed by atoms with E-state index in [2.05, 4.69) is 9.80 Å². The monoisotopic (exact) mass is 252 g/mol. The van der Waals surface area contributed by atoms with E-state index < -0.39 is 0 Å². The molecule has 1 aromatic carbocycles. The van der Waals surface area contributed by atoms with E-state index in [0.29, 0.717) is 0 Å². The third-order valence-corrected chi connectivity index (χ3v) is 3.56. The molecule has 1 aliphatic rings. The van der Waals surface area contributed by atoms with Crippen LogP contribution in [-0.2, 0) is 4.74 Å². The normalized spacial score (nSPS) is 17.2. The van der Waals surface area contributed by atoms with Gasteiger partial charge in [-0.2, -0.15) is 0 Å². The van der Waals surface area contributed by atoms with Crippen molar-refractivity contribution < 1.29 is 9.13 Å². The minimum Gasteiger partial charge on any atom is -0.383 e. The molecule has 2 rings (SSSR count). The highest BCUT2D eigenvalue weighted by molar-refractivity contribution is 5.53. The number of anilines is 1. The largest absolute Gasteiger partial charge is 0.383 e. The molecule has 0 aliphatic carbocycles. The topological polar surface area (TPSA) is 15.7 Å². The molecule has 0 saturated carbocycles. The summed E-state index contributed by atoms with van der Waals surface area (Å²) in [5.41, 5.74) is 1.78. The Morgan fingerprint density at radius 1 is 1.22 bits per heavy atom. The average molecular weight is 252 g/mol. The molecular formula is C14H21FN2O. The Balaban J connectivity index is 1.95. The lowest BCUT2D eigenvalue weighted by atomic mass is 10.1. The van der Waals surface area contributed by atoms with E-state index in [1.165, 1.54) is 6.07 Å². The van der Waals surface area contributed by atoms with Crippen LogP contribution in [0.4, 0.5) is 10.1 Å². The molecule has 0 bridgehead atoms. The van der Waals surface area contributed by atoms with Crippen LogP contribution in [-0.4, -0.2) is 51.3 Å². The first-order valence-corrected chi connectivity index (χ1v) is 6.43. The van der Waals surface area contributed by atoms with Crippen LogP contribution in [0, 0.1) is 12.7 Å². The number of ether oxygens (including phenoxy) is 1. The van der Waals surface area contributed by atoms with Gasteiger partial charge in [0.2, 0.25) is 0 Å². The number of methoxy groups -OCH3 is 1. The quantitative estimate of drug-likeness (QED) is 0.814. The Bertz CT molecular complexity index is 389. The fraction of sp³-hybridized carbons (Fsp3) is 0.571. The molecule has 0 radical (unpaired) electrons. The van der Waals surface area contributed by atoms with Gasteiger partial charge in [0.25, 0.3) is 0 Å². The molecule has 0 atom stereocenters. The summed E-state index contributed by atoms with van der Waals surface area (Å²) in [5.74, 6) is -0.116. The maximum atomic E-state index is 13.5. The number of benzene rings is 1. The Morgan fingerprint density at radius 2 is 1.94 bits per heavy atom. The molecule has 0 unspecified atom stereocenters. The van der Waals surface area contributed by atoms with Gasteiger partial charge in [0, 0.05) is 51.1 Å². The van der Waals surface area contributed by atoms with Crippen LogP contribution >= 0.6 is 0 Å². The third kappa shape index (κ3) is 3.00. The van der Waals surface area contributed by atoms with Crippen LogP contribution < -0.4 is 4.90 Å². The number of hydrogen-bond acceptors (Lipinski definition) is 3. The Morgan fingerprint density at radius 3 is 2.61 bits per heavy atom. The predicted octanol–water partition coefficient (Wildman–Crippen LogP) is 1.90. The number of rotatable bonds is 4. The molecule has 0 N–H and O–H groups in total. The minimum absolute atomic E-state index is 0.116. The summed E-state index contributed by atoms with van der Waals surface area (Å²) in [4.78, 5) is 4.65. The summed E-state index contributed by atoms with van der Waals surface area (Å²) in [6, 6.07) is 5.31. The zero-order chi connectivity index (χ0) is 13.0. The second-order valence-corrected chi connectivity index (χ2v) is 4.71. The molecule has 1 heterocycles. The molecule has 3 nitrogen and oxygen atoms in total. The summed E-state index contributed by atoms with van der Waals surface area (Å²) in [6.07, 6.45) is 0. The van der Waals surface area contributed by atoms with Crippen molar-refractivity contribution in [1.82, 2.24) is 4.90 Å². The van der Waals surface area contributed by atoms with E-state index in [1.54, 1.807) is 13.2 Å². The molecule has 0 aromatic heterocycles. The van der Waals surface area contributed by atoms with E-state index in [1.807, 2.05) is 13.0 Å². The molecule has 4 heteroatoms. The highest BCUT2D eigenvalue weighted by Crippen LogP contribution is 2.23. The Hall–Kier alpha value is -1.13. The highest BCUT2D eigenvalue weighted by Gasteiger charge is 2.18. The van der Waals surface area contributed by atoms with Gasteiger partial charge in [-0.15, -0.1) is 0 Å². The molecule has 18 heavy (non-hydrogen) atoms. The summed E-state index contributed by atoms with van der Waals surface area (Å²) < 4.78 is 18.6. The van der Waals surface area contributed by atoms with Gasteiger partial charge in [-0.3, -0.25) is 4.90 Å². The zero-order valence-corrected chi connectivity index (χ0v) is 11.2. The van der Waals surface area contributed by atoms with Crippen LogP contribution in [0.25, 0.3) is 0 Å². The van der Waals surface area contributed by atoms with Gasteiger partial charge in [-0.1, -0.05) is 6.07 Å². The van der Waals surface area contributed by atoms with Gasteiger partial charge in [0.15, 0.2) is 0 Å². The molecule has 1 aliphatic heterocycles. The lowest BCUT2D eigenvalue weighted by Gasteiger charge is -2.36. The Labute approximate surface area is 108 Å². The molecule has 1 aromatic rings. The third-order valence-electron chi connectivity index (χ3n) is 3.56. The van der Waals surface area contributed by atoms with Crippen LogP contribution in [0.2, 0.25) is 0 Å². The average Bonchev–Trinajstić information content (AvgIpc) is 2.40. The lowest BCUT2D eigenvalue weighted by Crippen LogP contribution is -2.47. The van der Waals surface area contributed by atoms with Crippen molar-refractivity contribution in [3.05, 3.63) is 29.6 Å². The van der Waals surface area contributed by atoms with Gasteiger partial charge in [0.05, 0.1) is 6.61 Å². The van der Waals surface area contributed by atoms with E-state index in [0.717, 1.165) is 50.6 Å². The summed E-state index contributed by atoms with van der Waals surface area (Å²) in [6.45, 7) is 7.54. The summed E-state index contributed by atoms with van der Waals surface area (Å²) >= 11 is 0. The lowest BCUT2D eigenvalue weighted by molar-refractivity contribution is 0.144. The first kappa shape index (κ1) is 13.3. The first-order valence-electron chi connectivity index (χ1n) is 6.43. The minimum atomic E-state index is -0.116. The van der Waals surface area contributed by atoms with E-state index in [-0.39, 0.29) is 5.82 Å². The van der Waals surface area contributed by atoms with Crippen molar-refractivity contribution in [2.24, 2.45) is 0 Å². The molecule has 1 saturated heterocycles. The number of nitrogens with zero attached hydrogens (tertiary/aromatic N) is 2. The van der Waals surface area contributed by atoms with E-state index in [9.17, 15) is 4.39 Å². The van der Waals surface area contributed by atoms with E-state index >= 15 is 0 Å². The molecule has 0 amide bonds. The van der Waals surface area contributed by atoms with Crippen molar-refractivity contribution in [3.63, 3.8) is 0 Å². The van der Waals surface area contributed by atoms with Crippen LogP contribution in [0.5, 0.6) is 0 Å². The van der Waals surface area contributed by atoms with Crippen molar-refractivity contribution in [2.75, 3.05) is 51.3 Å². The van der Waals surface area contributed by atoms with Gasteiger partial charge >= 0.3 is 0 Å². The summed E-state index contributed by atoms with van der Waals surface area (Å²) in [5, 5.41) is 0. The van der Waals surface area contributed by atoms with E-state index in [4.69, 9.17) is 4.74 Å². The van der Waals surface area contributed by atoms with Crippen molar-refractivity contribution in [3.8, 4) is 0 Å². The fourth-order valence-electron chi connectivity index (χ4n) is 2.37. The molecular weight excluding hydrogens is 231 g/mol. The molecule has 0 spiro atoms. The van der Waals surface area contributed by atoms with Crippen molar-refractivity contribution in [1.29, 1.82) is 0 Å². The SMILES string of the molecule is COCCN1CCN(c2cccc(F)c2C)CC1. The number of piperazine rings is 1. The smallest absolute Gasteiger partial charge is 0.128 e. The maximum Gasteiger partial charge on any atom is 0.128 e. The number of halogens is 1. The predicted molar refractivity (Wildman–Crippen MR) is 71.7 cm³/mol. The van der Waals surface area contributed by atoms with Crippen LogP contribution in [0.15, 0.2) is 18.2 Å². The highest BCUT2D eigenvalue weighted by atomic mass is 19.1. The Kier molecular flexibility index (Phi) is 4.55. The van der Waals surface area contributed by atoms with Crippen LogP contribution in [0.3, 0.4) is 0 Å². The second kappa shape index (κ2) is 6.16.